The Bertz CT molecular complexity index is 546. The van der Waals surface area contributed by atoms with Gasteiger partial charge in [0.25, 0.3) is 5.91 Å². The zero-order chi connectivity index (χ0) is 13.7. The number of amides is 1. The molecule has 2 rings (SSSR count). The molecule has 0 aliphatic rings. The molecule has 0 saturated carbocycles. The van der Waals surface area contributed by atoms with E-state index in [-0.39, 0.29) is 11.7 Å². The molecule has 5 heteroatoms. The van der Waals surface area contributed by atoms with E-state index in [1.807, 2.05) is 24.3 Å². The number of nitrogens with two attached hydrogens (primary N) is 1. The topological polar surface area (TPSA) is 77.5 Å². The number of benzene rings is 1. The van der Waals surface area contributed by atoms with Crippen molar-refractivity contribution in [2.75, 3.05) is 20.2 Å². The fraction of sp³-hybridized carbons (Fsp3) is 0.214. The highest BCUT2D eigenvalue weighted by molar-refractivity contribution is 5.92. The standard InChI is InChI=1S/C14H16N2O3/c1-18-11-4-2-10(3-5-11)12-6-7-13(19-12)14(17)16-9-8-15/h2-7H,8-9,15H2,1H3,(H,16,17). The molecule has 3 N–H and O–H groups in total. The van der Waals surface area contributed by atoms with Crippen molar-refractivity contribution in [1.29, 1.82) is 0 Å². The molecule has 1 aromatic carbocycles. The minimum atomic E-state index is -0.259. The zero-order valence-corrected chi connectivity index (χ0v) is 10.7. The number of carbonyl (C=O) groups is 1. The van der Waals surface area contributed by atoms with Crippen molar-refractivity contribution >= 4 is 5.91 Å². The molecule has 1 amide bonds. The van der Waals surface area contributed by atoms with Gasteiger partial charge in [-0.1, -0.05) is 0 Å². The minimum Gasteiger partial charge on any atom is -0.497 e. The molecule has 2 aromatic rings. The number of rotatable bonds is 5. The Labute approximate surface area is 111 Å². The van der Waals surface area contributed by atoms with E-state index in [2.05, 4.69) is 5.32 Å². The van der Waals surface area contributed by atoms with Gasteiger partial charge in [0.15, 0.2) is 5.76 Å². The molecule has 0 aliphatic heterocycles. The molecule has 0 spiro atoms. The average molecular weight is 260 g/mol. The smallest absolute Gasteiger partial charge is 0.287 e. The first-order valence-corrected chi connectivity index (χ1v) is 5.97. The summed E-state index contributed by atoms with van der Waals surface area (Å²) in [7, 11) is 1.61. The number of nitrogens with one attached hydrogen (secondary N) is 1. The zero-order valence-electron chi connectivity index (χ0n) is 10.7. The lowest BCUT2D eigenvalue weighted by Crippen LogP contribution is -2.28. The van der Waals surface area contributed by atoms with Crippen LogP contribution in [0.15, 0.2) is 40.8 Å². The van der Waals surface area contributed by atoms with Crippen LogP contribution < -0.4 is 15.8 Å². The van der Waals surface area contributed by atoms with Crippen LogP contribution in [-0.4, -0.2) is 26.1 Å². The van der Waals surface area contributed by atoms with Gasteiger partial charge in [0.05, 0.1) is 7.11 Å². The molecule has 0 aliphatic carbocycles. The van der Waals surface area contributed by atoms with E-state index in [1.54, 1.807) is 19.2 Å². The maximum Gasteiger partial charge on any atom is 0.287 e. The first kappa shape index (κ1) is 13.2. The fourth-order valence-corrected chi connectivity index (χ4v) is 1.64. The summed E-state index contributed by atoms with van der Waals surface area (Å²) in [6.07, 6.45) is 0. The molecule has 1 aromatic heterocycles. The summed E-state index contributed by atoms with van der Waals surface area (Å²) in [4.78, 5) is 11.7. The van der Waals surface area contributed by atoms with Crippen LogP contribution in [0.3, 0.4) is 0 Å². The SMILES string of the molecule is COc1ccc(-c2ccc(C(=O)NCCN)o2)cc1. The number of hydrogen-bond donors (Lipinski definition) is 2. The quantitative estimate of drug-likeness (QED) is 0.856. The molecule has 5 nitrogen and oxygen atoms in total. The Morgan fingerprint density at radius 3 is 2.63 bits per heavy atom. The number of carbonyl (C=O) groups excluding carboxylic acids is 1. The molecule has 1 heterocycles. The van der Waals surface area contributed by atoms with Crippen molar-refractivity contribution in [2.24, 2.45) is 5.73 Å². The molecule has 19 heavy (non-hydrogen) atoms. The number of hydrogen-bond acceptors (Lipinski definition) is 4. The van der Waals surface area contributed by atoms with Crippen LogP contribution in [0.5, 0.6) is 5.75 Å². The van der Waals surface area contributed by atoms with Crippen LogP contribution in [0.25, 0.3) is 11.3 Å². The molecule has 100 valence electrons. The van der Waals surface area contributed by atoms with E-state index in [0.29, 0.717) is 18.8 Å². The van der Waals surface area contributed by atoms with Gasteiger partial charge in [-0.15, -0.1) is 0 Å². The number of methoxy groups -OCH3 is 1. The summed E-state index contributed by atoms with van der Waals surface area (Å²) in [5.41, 5.74) is 6.21. The van der Waals surface area contributed by atoms with Gasteiger partial charge >= 0.3 is 0 Å². The van der Waals surface area contributed by atoms with Crippen molar-refractivity contribution in [3.8, 4) is 17.1 Å². The van der Waals surface area contributed by atoms with Crippen molar-refractivity contribution < 1.29 is 13.9 Å². The van der Waals surface area contributed by atoms with Crippen LogP contribution in [0.1, 0.15) is 10.6 Å². The normalized spacial score (nSPS) is 10.2. The van der Waals surface area contributed by atoms with E-state index in [0.717, 1.165) is 11.3 Å². The lowest BCUT2D eigenvalue weighted by atomic mass is 10.2. The van der Waals surface area contributed by atoms with Crippen LogP contribution in [0.2, 0.25) is 0 Å². The van der Waals surface area contributed by atoms with Gasteiger partial charge in [-0.05, 0) is 36.4 Å². The minimum absolute atomic E-state index is 0.259. The average Bonchev–Trinajstić information content (AvgIpc) is 2.94. The van der Waals surface area contributed by atoms with E-state index in [4.69, 9.17) is 14.9 Å². The van der Waals surface area contributed by atoms with Gasteiger partial charge in [0, 0.05) is 18.7 Å². The van der Waals surface area contributed by atoms with Crippen LogP contribution in [-0.2, 0) is 0 Å². The van der Waals surface area contributed by atoms with E-state index in [9.17, 15) is 4.79 Å². The predicted molar refractivity (Wildman–Crippen MR) is 72.1 cm³/mol. The maximum absolute atomic E-state index is 11.7. The summed E-state index contributed by atoms with van der Waals surface area (Å²) < 4.78 is 10.6. The highest BCUT2D eigenvalue weighted by atomic mass is 16.5. The summed E-state index contributed by atoms with van der Waals surface area (Å²) in [5, 5.41) is 2.65. The van der Waals surface area contributed by atoms with Gasteiger partial charge in [0.2, 0.25) is 0 Å². The van der Waals surface area contributed by atoms with E-state index in [1.165, 1.54) is 0 Å². The second-order valence-electron chi connectivity index (χ2n) is 3.94. The van der Waals surface area contributed by atoms with Crippen LogP contribution in [0, 0.1) is 0 Å². The lowest BCUT2D eigenvalue weighted by molar-refractivity contribution is 0.0928. The van der Waals surface area contributed by atoms with Crippen molar-refractivity contribution in [3.05, 3.63) is 42.2 Å². The second-order valence-corrected chi connectivity index (χ2v) is 3.94. The van der Waals surface area contributed by atoms with Gasteiger partial charge in [-0.25, -0.2) is 0 Å². The molecular formula is C14H16N2O3. The fourth-order valence-electron chi connectivity index (χ4n) is 1.64. The Kier molecular flexibility index (Phi) is 4.20. The largest absolute Gasteiger partial charge is 0.497 e. The first-order chi connectivity index (χ1) is 9.24. The van der Waals surface area contributed by atoms with Gasteiger partial charge in [0.1, 0.15) is 11.5 Å². The summed E-state index contributed by atoms with van der Waals surface area (Å²) in [5.74, 6) is 1.43. The van der Waals surface area contributed by atoms with Crippen molar-refractivity contribution in [3.63, 3.8) is 0 Å². The van der Waals surface area contributed by atoms with E-state index < -0.39 is 0 Å². The third-order valence-electron chi connectivity index (χ3n) is 2.63. The Hall–Kier alpha value is -2.27. The Morgan fingerprint density at radius 1 is 1.26 bits per heavy atom. The van der Waals surface area contributed by atoms with E-state index >= 15 is 0 Å². The molecule has 0 radical (unpaired) electrons. The predicted octanol–water partition coefficient (Wildman–Crippen LogP) is 1.64. The summed E-state index contributed by atoms with van der Waals surface area (Å²) in [6.45, 7) is 0.829. The lowest BCUT2D eigenvalue weighted by Gasteiger charge is -2.01. The summed E-state index contributed by atoms with van der Waals surface area (Å²) >= 11 is 0. The molecule has 0 unspecified atom stereocenters. The highest BCUT2D eigenvalue weighted by Gasteiger charge is 2.11. The van der Waals surface area contributed by atoms with Crippen LogP contribution in [0.4, 0.5) is 0 Å². The Balaban J connectivity index is 2.13. The Morgan fingerprint density at radius 2 is 2.00 bits per heavy atom. The molecular weight excluding hydrogens is 244 g/mol. The monoisotopic (exact) mass is 260 g/mol. The van der Waals surface area contributed by atoms with Crippen molar-refractivity contribution in [1.82, 2.24) is 5.32 Å². The van der Waals surface area contributed by atoms with Crippen molar-refractivity contribution in [2.45, 2.75) is 0 Å². The van der Waals surface area contributed by atoms with Gasteiger partial charge < -0.3 is 20.2 Å². The van der Waals surface area contributed by atoms with Gasteiger partial charge in [-0.3, -0.25) is 4.79 Å². The molecule has 0 fully saturated rings. The molecule has 0 atom stereocenters. The number of furan rings is 1. The first-order valence-electron chi connectivity index (χ1n) is 5.97. The number of ether oxygens (including phenoxy) is 1. The van der Waals surface area contributed by atoms with Gasteiger partial charge in [-0.2, -0.15) is 0 Å². The molecule has 0 bridgehead atoms. The third kappa shape index (κ3) is 3.14. The highest BCUT2D eigenvalue weighted by Crippen LogP contribution is 2.24. The maximum atomic E-state index is 11.7. The van der Waals surface area contributed by atoms with Crippen LogP contribution >= 0.6 is 0 Å². The molecule has 0 saturated heterocycles. The third-order valence-corrected chi connectivity index (χ3v) is 2.63. The summed E-state index contributed by atoms with van der Waals surface area (Å²) in [6, 6.07) is 10.8. The second kappa shape index (κ2) is 6.06.